The minimum Gasteiger partial charge on any atom is -0.314 e. The van der Waals surface area contributed by atoms with E-state index in [2.05, 4.69) is 10.2 Å². The number of benzene rings is 1. The molecule has 1 saturated heterocycles. The number of rotatable bonds is 3. The van der Waals surface area contributed by atoms with Crippen molar-refractivity contribution >= 4 is 24.0 Å². The van der Waals surface area contributed by atoms with Crippen LogP contribution in [0.4, 0.5) is 4.39 Å². The lowest BCUT2D eigenvalue weighted by Crippen LogP contribution is -2.48. The van der Waals surface area contributed by atoms with Gasteiger partial charge in [0.1, 0.15) is 5.82 Å². The van der Waals surface area contributed by atoms with Gasteiger partial charge in [0.25, 0.3) is 0 Å². The second-order valence-corrected chi connectivity index (χ2v) is 6.02. The molecule has 1 N–H and O–H groups in total. The highest BCUT2D eigenvalue weighted by Gasteiger charge is 2.35. The molecule has 0 amide bonds. The predicted molar refractivity (Wildman–Crippen MR) is 83.2 cm³/mol. The molecule has 2 nitrogen and oxygen atoms in total. The Labute approximate surface area is 131 Å². The van der Waals surface area contributed by atoms with Crippen LogP contribution in [0.1, 0.15) is 30.9 Å². The van der Waals surface area contributed by atoms with Crippen molar-refractivity contribution in [1.82, 2.24) is 10.2 Å². The molecular weight excluding hydrogens is 298 g/mol. The van der Waals surface area contributed by atoms with E-state index in [1.807, 2.05) is 6.07 Å². The molecule has 3 rings (SSSR count). The molecule has 0 unspecified atom stereocenters. The number of hydrogen-bond donors (Lipinski definition) is 1. The van der Waals surface area contributed by atoms with E-state index < -0.39 is 0 Å². The Morgan fingerprint density at radius 1 is 1.25 bits per heavy atom. The molecule has 1 heterocycles. The summed E-state index contributed by atoms with van der Waals surface area (Å²) in [5.74, 6) is 0.478. The van der Waals surface area contributed by atoms with Gasteiger partial charge in [-0.15, -0.1) is 12.4 Å². The van der Waals surface area contributed by atoms with Crippen LogP contribution in [0.2, 0.25) is 5.02 Å². The number of hydrogen-bond acceptors (Lipinski definition) is 2. The number of piperazine rings is 1. The lowest BCUT2D eigenvalue weighted by Gasteiger charge is -2.43. The zero-order chi connectivity index (χ0) is 13.2. The number of nitrogens with one attached hydrogen (secondary N) is 1. The highest BCUT2D eigenvalue weighted by atomic mass is 35.5. The van der Waals surface area contributed by atoms with Crippen molar-refractivity contribution in [3.8, 4) is 0 Å². The van der Waals surface area contributed by atoms with Gasteiger partial charge >= 0.3 is 0 Å². The highest BCUT2D eigenvalue weighted by molar-refractivity contribution is 6.30. The Bertz CT molecular complexity index is 445. The molecule has 0 aromatic heterocycles. The summed E-state index contributed by atoms with van der Waals surface area (Å²) < 4.78 is 14.2. The van der Waals surface area contributed by atoms with E-state index in [0.29, 0.717) is 10.9 Å². The Morgan fingerprint density at radius 3 is 2.55 bits per heavy atom. The van der Waals surface area contributed by atoms with E-state index >= 15 is 0 Å². The lowest BCUT2D eigenvalue weighted by molar-refractivity contribution is 0.0812. The van der Waals surface area contributed by atoms with Crippen molar-refractivity contribution in [3.63, 3.8) is 0 Å². The van der Waals surface area contributed by atoms with Crippen molar-refractivity contribution in [2.45, 2.75) is 25.3 Å². The SMILES string of the molecule is Cl.Fc1ccc(Cl)cc1[C@@H](C1CCC1)N1CCNCC1. The quantitative estimate of drug-likeness (QED) is 0.915. The highest BCUT2D eigenvalue weighted by Crippen LogP contribution is 2.42. The van der Waals surface area contributed by atoms with E-state index in [9.17, 15) is 4.39 Å². The van der Waals surface area contributed by atoms with Crippen LogP contribution < -0.4 is 5.32 Å². The lowest BCUT2D eigenvalue weighted by atomic mass is 9.76. The summed E-state index contributed by atoms with van der Waals surface area (Å²) in [7, 11) is 0. The first-order valence-electron chi connectivity index (χ1n) is 7.15. The molecule has 2 fully saturated rings. The molecule has 2 aliphatic rings. The van der Waals surface area contributed by atoms with Gasteiger partial charge in [-0.3, -0.25) is 4.90 Å². The van der Waals surface area contributed by atoms with Gasteiger partial charge in [-0.2, -0.15) is 0 Å². The summed E-state index contributed by atoms with van der Waals surface area (Å²) in [6.45, 7) is 3.97. The third kappa shape index (κ3) is 3.28. The average molecular weight is 319 g/mol. The van der Waals surface area contributed by atoms with Crippen LogP contribution in [0.15, 0.2) is 18.2 Å². The maximum Gasteiger partial charge on any atom is 0.128 e. The Balaban J connectivity index is 0.00000147. The van der Waals surface area contributed by atoms with Gasteiger partial charge < -0.3 is 5.32 Å². The van der Waals surface area contributed by atoms with E-state index in [0.717, 1.165) is 31.7 Å². The summed E-state index contributed by atoms with van der Waals surface area (Å²) in [4.78, 5) is 2.43. The third-order valence-electron chi connectivity index (χ3n) is 4.42. The van der Waals surface area contributed by atoms with Crippen LogP contribution in [0.3, 0.4) is 0 Å². The Morgan fingerprint density at radius 2 is 1.95 bits per heavy atom. The molecule has 0 radical (unpaired) electrons. The number of nitrogens with zero attached hydrogens (tertiary/aromatic N) is 1. The summed E-state index contributed by atoms with van der Waals surface area (Å²) in [6.07, 6.45) is 3.69. The molecule has 1 aliphatic carbocycles. The third-order valence-corrected chi connectivity index (χ3v) is 4.65. The fourth-order valence-electron chi connectivity index (χ4n) is 3.21. The fraction of sp³-hybridized carbons (Fsp3) is 0.600. The first kappa shape index (κ1) is 16.0. The second kappa shape index (κ2) is 7.08. The monoisotopic (exact) mass is 318 g/mol. The molecule has 112 valence electrons. The molecule has 1 atom stereocenters. The standard InChI is InChI=1S/C15H20ClFN2.ClH/c16-12-4-5-14(17)13(10-12)15(11-2-1-3-11)19-8-6-18-7-9-19;/h4-5,10-11,15,18H,1-3,6-9H2;1H/t15-;/m1./s1. The molecule has 0 bridgehead atoms. The van der Waals surface area contributed by atoms with Crippen molar-refractivity contribution in [1.29, 1.82) is 0 Å². The molecular formula is C15H21Cl2FN2. The van der Waals surface area contributed by atoms with E-state index in [1.165, 1.54) is 25.3 Å². The summed E-state index contributed by atoms with van der Waals surface area (Å²) in [5.41, 5.74) is 0.791. The summed E-state index contributed by atoms with van der Waals surface area (Å²) in [5, 5.41) is 4.00. The van der Waals surface area contributed by atoms with Gasteiger partial charge in [-0.25, -0.2) is 4.39 Å². The fourth-order valence-corrected chi connectivity index (χ4v) is 3.39. The van der Waals surface area contributed by atoms with Gasteiger partial charge in [-0.05, 0) is 37.0 Å². The molecule has 20 heavy (non-hydrogen) atoms. The van der Waals surface area contributed by atoms with Crippen molar-refractivity contribution in [2.75, 3.05) is 26.2 Å². The first-order chi connectivity index (χ1) is 9.25. The minimum atomic E-state index is -0.111. The maximum atomic E-state index is 14.2. The van der Waals surface area contributed by atoms with Crippen LogP contribution >= 0.6 is 24.0 Å². The predicted octanol–water partition coefficient (Wildman–Crippen LogP) is 3.65. The van der Waals surface area contributed by atoms with Gasteiger partial charge in [-0.1, -0.05) is 18.0 Å². The van der Waals surface area contributed by atoms with Gasteiger partial charge in [0.15, 0.2) is 0 Å². The number of halogens is 3. The maximum absolute atomic E-state index is 14.2. The molecule has 1 aliphatic heterocycles. The molecule has 1 aromatic carbocycles. The zero-order valence-electron chi connectivity index (χ0n) is 11.4. The van der Waals surface area contributed by atoms with Gasteiger partial charge in [0.2, 0.25) is 0 Å². The summed E-state index contributed by atoms with van der Waals surface area (Å²) >= 11 is 6.07. The molecule has 5 heteroatoms. The van der Waals surface area contributed by atoms with E-state index in [4.69, 9.17) is 11.6 Å². The van der Waals surface area contributed by atoms with Crippen LogP contribution in [-0.2, 0) is 0 Å². The van der Waals surface area contributed by atoms with Gasteiger partial charge in [0.05, 0.1) is 0 Å². The van der Waals surface area contributed by atoms with E-state index in [-0.39, 0.29) is 24.3 Å². The molecule has 1 aromatic rings. The smallest absolute Gasteiger partial charge is 0.128 e. The van der Waals surface area contributed by atoms with Crippen LogP contribution in [0.25, 0.3) is 0 Å². The van der Waals surface area contributed by atoms with Crippen molar-refractivity contribution < 1.29 is 4.39 Å². The van der Waals surface area contributed by atoms with Gasteiger partial charge in [0, 0.05) is 42.8 Å². The van der Waals surface area contributed by atoms with Crippen LogP contribution in [0.5, 0.6) is 0 Å². The second-order valence-electron chi connectivity index (χ2n) is 5.59. The largest absolute Gasteiger partial charge is 0.314 e. The zero-order valence-corrected chi connectivity index (χ0v) is 13.0. The van der Waals surface area contributed by atoms with E-state index in [1.54, 1.807) is 6.07 Å². The van der Waals surface area contributed by atoms with Crippen LogP contribution in [0, 0.1) is 11.7 Å². The Hall–Kier alpha value is -0.350. The summed E-state index contributed by atoms with van der Waals surface area (Å²) in [6, 6.07) is 5.17. The van der Waals surface area contributed by atoms with Crippen LogP contribution in [-0.4, -0.2) is 31.1 Å². The van der Waals surface area contributed by atoms with Crippen molar-refractivity contribution in [2.24, 2.45) is 5.92 Å². The molecule has 1 saturated carbocycles. The Kier molecular flexibility index (Phi) is 5.67. The molecule has 0 spiro atoms. The normalized spacial score (nSPS) is 21.9. The first-order valence-corrected chi connectivity index (χ1v) is 7.53. The topological polar surface area (TPSA) is 15.3 Å². The average Bonchev–Trinajstić information content (AvgIpc) is 2.38. The minimum absolute atomic E-state index is 0. The van der Waals surface area contributed by atoms with Crippen molar-refractivity contribution in [3.05, 3.63) is 34.6 Å².